The Morgan fingerprint density at radius 2 is 1.79 bits per heavy atom. The molecule has 0 saturated carbocycles. The predicted molar refractivity (Wildman–Crippen MR) is 125 cm³/mol. The second kappa shape index (κ2) is 9.11. The molecule has 0 aliphatic carbocycles. The van der Waals surface area contributed by atoms with E-state index in [1.165, 1.54) is 12.5 Å². The molecule has 7 nitrogen and oxygen atoms in total. The number of imidazole rings is 1. The molecule has 11 heteroatoms. The number of rotatable bonds is 5. The van der Waals surface area contributed by atoms with Gasteiger partial charge in [0.1, 0.15) is 6.54 Å². The van der Waals surface area contributed by atoms with Crippen LogP contribution in [-0.2, 0) is 11.3 Å². The van der Waals surface area contributed by atoms with Crippen LogP contribution in [0.2, 0.25) is 5.02 Å². The van der Waals surface area contributed by atoms with E-state index >= 15 is 0 Å². The van der Waals surface area contributed by atoms with Gasteiger partial charge in [-0.3, -0.25) is 0 Å². The van der Waals surface area contributed by atoms with E-state index in [0.29, 0.717) is 33.3 Å². The van der Waals surface area contributed by atoms with Gasteiger partial charge >= 0.3 is 6.18 Å². The van der Waals surface area contributed by atoms with Gasteiger partial charge in [0.05, 0.1) is 47.5 Å². The number of hydrogen-bond donors (Lipinski definition) is 1. The number of benzene rings is 2. The monoisotopic (exact) mass is 488 g/mol. The molecule has 0 radical (unpaired) electrons. The summed E-state index contributed by atoms with van der Waals surface area (Å²) in [7, 11) is 0. The molecule has 5 rings (SSSR count). The van der Waals surface area contributed by atoms with Crippen LogP contribution < -0.4 is 10.2 Å². The van der Waals surface area contributed by atoms with Crippen molar-refractivity contribution in [3.63, 3.8) is 0 Å². The summed E-state index contributed by atoms with van der Waals surface area (Å²) in [5.41, 5.74) is 3.81. The first-order valence-corrected chi connectivity index (χ1v) is 11.0. The fraction of sp³-hybridized carbons (Fsp3) is 0.261. The standard InChI is InChI=1S/C23H20ClF3N6O/c24-18-12-28-22(30-16-2-4-17(5-3-16)32-7-9-34-10-8-32)31-21(18)15-1-6-20-19(11-15)29-14-33(20)13-23(25,26)27/h1-6,11-12,14H,7-10,13H2,(H,28,30,31). The Labute approximate surface area is 198 Å². The lowest BCUT2D eigenvalue weighted by molar-refractivity contribution is -0.139. The molecule has 176 valence electrons. The van der Waals surface area contributed by atoms with Gasteiger partial charge in [0.25, 0.3) is 0 Å². The zero-order valence-corrected chi connectivity index (χ0v) is 18.6. The Bertz CT molecular complexity index is 1300. The van der Waals surface area contributed by atoms with E-state index in [9.17, 15) is 13.2 Å². The van der Waals surface area contributed by atoms with Crippen LogP contribution in [0.1, 0.15) is 0 Å². The van der Waals surface area contributed by atoms with Crippen LogP contribution in [0, 0.1) is 0 Å². The summed E-state index contributed by atoms with van der Waals surface area (Å²) in [4.78, 5) is 15.1. The number of morpholine rings is 1. The van der Waals surface area contributed by atoms with Gasteiger partial charge in [0.15, 0.2) is 0 Å². The van der Waals surface area contributed by atoms with Crippen LogP contribution in [0.4, 0.5) is 30.5 Å². The lowest BCUT2D eigenvalue weighted by Crippen LogP contribution is -2.36. The van der Waals surface area contributed by atoms with Crippen molar-refractivity contribution in [3.8, 4) is 11.3 Å². The third-order valence-corrected chi connectivity index (χ3v) is 5.76. The number of aromatic nitrogens is 4. The fourth-order valence-corrected chi connectivity index (χ4v) is 4.07. The van der Waals surface area contributed by atoms with Gasteiger partial charge in [-0.1, -0.05) is 17.7 Å². The van der Waals surface area contributed by atoms with E-state index in [0.717, 1.165) is 42.2 Å². The van der Waals surface area contributed by atoms with Crippen molar-refractivity contribution in [2.24, 2.45) is 0 Å². The third-order valence-electron chi connectivity index (χ3n) is 5.49. The molecule has 0 atom stereocenters. The average Bonchev–Trinajstić information content (AvgIpc) is 3.22. The van der Waals surface area contributed by atoms with Gasteiger partial charge < -0.3 is 19.5 Å². The minimum atomic E-state index is -4.33. The number of halogens is 4. The molecule has 1 N–H and O–H groups in total. The topological polar surface area (TPSA) is 68.1 Å². The molecule has 0 bridgehead atoms. The highest BCUT2D eigenvalue weighted by Crippen LogP contribution is 2.30. The minimum absolute atomic E-state index is 0.322. The Hall–Kier alpha value is -3.37. The number of nitrogens with one attached hydrogen (secondary N) is 1. The second-order valence-corrected chi connectivity index (χ2v) is 8.26. The van der Waals surface area contributed by atoms with Crippen LogP contribution in [0.5, 0.6) is 0 Å². The number of fused-ring (bicyclic) bond motifs is 1. The lowest BCUT2D eigenvalue weighted by Gasteiger charge is -2.28. The zero-order valence-electron chi connectivity index (χ0n) is 17.9. The molecule has 2 aromatic carbocycles. The summed E-state index contributed by atoms with van der Waals surface area (Å²) >= 11 is 6.34. The molecule has 0 amide bonds. The molecule has 3 heterocycles. The lowest BCUT2D eigenvalue weighted by atomic mass is 10.1. The number of nitrogens with zero attached hydrogens (tertiary/aromatic N) is 5. The Morgan fingerprint density at radius 1 is 1.03 bits per heavy atom. The smallest absolute Gasteiger partial charge is 0.378 e. The summed E-state index contributed by atoms with van der Waals surface area (Å²) in [6.45, 7) is 2.05. The van der Waals surface area contributed by atoms with Crippen molar-refractivity contribution in [1.82, 2.24) is 19.5 Å². The number of alkyl halides is 3. The van der Waals surface area contributed by atoms with Crippen molar-refractivity contribution >= 4 is 40.0 Å². The maximum absolute atomic E-state index is 12.8. The number of anilines is 3. The molecule has 0 unspecified atom stereocenters. The van der Waals surface area contributed by atoms with Gasteiger partial charge in [-0.25, -0.2) is 15.0 Å². The number of ether oxygens (including phenoxy) is 1. The maximum Gasteiger partial charge on any atom is 0.406 e. The third kappa shape index (κ3) is 4.92. The highest BCUT2D eigenvalue weighted by atomic mass is 35.5. The summed E-state index contributed by atoms with van der Waals surface area (Å²) in [5.74, 6) is 0.348. The van der Waals surface area contributed by atoms with Crippen LogP contribution in [0.15, 0.2) is 55.0 Å². The molecule has 1 saturated heterocycles. The minimum Gasteiger partial charge on any atom is -0.378 e. The van der Waals surface area contributed by atoms with Crippen LogP contribution in [0.3, 0.4) is 0 Å². The van der Waals surface area contributed by atoms with E-state index in [2.05, 4.69) is 25.2 Å². The van der Waals surface area contributed by atoms with E-state index in [-0.39, 0.29) is 0 Å². The molecule has 0 spiro atoms. The SMILES string of the molecule is FC(F)(F)Cn1cnc2cc(-c3nc(Nc4ccc(N5CCOCC5)cc4)ncc3Cl)ccc21. The predicted octanol–water partition coefficient (Wildman–Crippen LogP) is 5.29. The molecule has 1 aliphatic rings. The van der Waals surface area contributed by atoms with Gasteiger partial charge in [0.2, 0.25) is 5.95 Å². The largest absolute Gasteiger partial charge is 0.406 e. The van der Waals surface area contributed by atoms with E-state index in [4.69, 9.17) is 16.3 Å². The molecule has 4 aromatic rings. The average molecular weight is 489 g/mol. The fourth-order valence-electron chi connectivity index (χ4n) is 3.87. The van der Waals surface area contributed by atoms with Gasteiger partial charge in [-0.2, -0.15) is 13.2 Å². The first-order valence-electron chi connectivity index (χ1n) is 10.6. The first kappa shape index (κ1) is 22.4. The molecule has 34 heavy (non-hydrogen) atoms. The van der Waals surface area contributed by atoms with Crippen molar-refractivity contribution in [2.75, 3.05) is 36.5 Å². The van der Waals surface area contributed by atoms with Crippen LogP contribution in [0.25, 0.3) is 22.3 Å². The summed E-state index contributed by atoms with van der Waals surface area (Å²) in [6, 6.07) is 12.9. The zero-order chi connectivity index (χ0) is 23.7. The van der Waals surface area contributed by atoms with Gasteiger partial charge in [-0.05, 0) is 36.4 Å². The molecule has 2 aromatic heterocycles. The highest BCUT2D eigenvalue weighted by Gasteiger charge is 2.28. The summed E-state index contributed by atoms with van der Waals surface area (Å²) in [5, 5.41) is 3.49. The van der Waals surface area contributed by atoms with E-state index in [1.54, 1.807) is 18.2 Å². The van der Waals surface area contributed by atoms with Gasteiger partial charge in [0, 0.05) is 30.0 Å². The normalized spacial score (nSPS) is 14.5. The molecule has 1 fully saturated rings. The molecule has 1 aliphatic heterocycles. The first-order chi connectivity index (χ1) is 16.4. The molecular formula is C23H20ClF3N6O. The van der Waals surface area contributed by atoms with Crippen molar-refractivity contribution < 1.29 is 17.9 Å². The van der Waals surface area contributed by atoms with Crippen molar-refractivity contribution in [2.45, 2.75) is 12.7 Å². The molecular weight excluding hydrogens is 469 g/mol. The Morgan fingerprint density at radius 3 is 2.53 bits per heavy atom. The summed E-state index contributed by atoms with van der Waals surface area (Å²) in [6.07, 6.45) is -1.67. The van der Waals surface area contributed by atoms with Gasteiger partial charge in [-0.15, -0.1) is 0 Å². The maximum atomic E-state index is 12.8. The van der Waals surface area contributed by atoms with Crippen LogP contribution >= 0.6 is 11.6 Å². The van der Waals surface area contributed by atoms with E-state index < -0.39 is 12.7 Å². The van der Waals surface area contributed by atoms with Crippen molar-refractivity contribution in [3.05, 3.63) is 60.0 Å². The second-order valence-electron chi connectivity index (χ2n) is 7.85. The van der Waals surface area contributed by atoms with Crippen molar-refractivity contribution in [1.29, 1.82) is 0 Å². The Balaban J connectivity index is 1.37. The Kier molecular flexibility index (Phi) is 6.01. The van der Waals surface area contributed by atoms with E-state index in [1.807, 2.05) is 24.3 Å². The number of hydrogen-bond acceptors (Lipinski definition) is 6. The summed E-state index contributed by atoms with van der Waals surface area (Å²) < 4.78 is 44.8. The van der Waals surface area contributed by atoms with Crippen LogP contribution in [-0.4, -0.2) is 52.0 Å². The highest BCUT2D eigenvalue weighted by molar-refractivity contribution is 6.33. The quantitative estimate of drug-likeness (QED) is 0.412.